The van der Waals surface area contributed by atoms with Gasteiger partial charge in [-0.2, -0.15) is 0 Å². The molecule has 148 valence electrons. The zero-order valence-electron chi connectivity index (χ0n) is 16.7. The van der Waals surface area contributed by atoms with E-state index in [0.717, 1.165) is 41.2 Å². The molecule has 6 nitrogen and oxygen atoms in total. The third-order valence-electron chi connectivity index (χ3n) is 4.69. The van der Waals surface area contributed by atoms with Crippen LogP contribution in [0.1, 0.15) is 5.56 Å². The molecular formula is C23H25N5O. The molecule has 1 N–H and O–H groups in total. The summed E-state index contributed by atoms with van der Waals surface area (Å²) in [5, 5.41) is 11.9. The van der Waals surface area contributed by atoms with Gasteiger partial charge < -0.3 is 15.0 Å². The minimum atomic E-state index is 0.692. The highest BCUT2D eigenvalue weighted by atomic mass is 16.5. The number of benzene rings is 3. The van der Waals surface area contributed by atoms with E-state index in [1.807, 2.05) is 67.3 Å². The first-order valence-corrected chi connectivity index (χ1v) is 9.70. The molecule has 0 atom stereocenters. The number of para-hydroxylation sites is 1. The molecular weight excluding hydrogens is 362 g/mol. The summed E-state index contributed by atoms with van der Waals surface area (Å²) in [4.78, 5) is 2.11. The summed E-state index contributed by atoms with van der Waals surface area (Å²) in [7, 11) is 4.08. The van der Waals surface area contributed by atoms with Gasteiger partial charge in [0.1, 0.15) is 17.9 Å². The van der Waals surface area contributed by atoms with Crippen LogP contribution in [0.5, 0.6) is 5.75 Å². The summed E-state index contributed by atoms with van der Waals surface area (Å²) in [6.07, 6.45) is 0. The van der Waals surface area contributed by atoms with Gasteiger partial charge >= 0.3 is 0 Å². The van der Waals surface area contributed by atoms with Crippen LogP contribution in [0, 0.1) is 0 Å². The molecule has 0 fully saturated rings. The van der Waals surface area contributed by atoms with Gasteiger partial charge in [0.15, 0.2) is 0 Å². The predicted molar refractivity (Wildman–Crippen MR) is 117 cm³/mol. The molecule has 0 aliphatic rings. The molecule has 4 rings (SSSR count). The number of ether oxygens (including phenoxy) is 1. The third-order valence-corrected chi connectivity index (χ3v) is 4.69. The zero-order valence-corrected chi connectivity index (χ0v) is 16.7. The standard InChI is InChI=1S/C23H25N5O/c1-27(2)15-16-29-21-13-7-18(8-14-21)17-24-19-9-11-20(12-10-19)28-23-6-4-3-5-22(23)25-26-28/h3-14,24H,15-17H2,1-2H3. The maximum Gasteiger partial charge on any atom is 0.119 e. The van der Waals surface area contributed by atoms with Gasteiger partial charge in [-0.25, -0.2) is 4.68 Å². The zero-order chi connectivity index (χ0) is 20.1. The summed E-state index contributed by atoms with van der Waals surface area (Å²) in [5.41, 5.74) is 5.15. The number of hydrogen-bond acceptors (Lipinski definition) is 5. The Morgan fingerprint density at radius 3 is 2.45 bits per heavy atom. The molecule has 0 unspecified atom stereocenters. The van der Waals surface area contributed by atoms with Crippen molar-refractivity contribution in [2.75, 3.05) is 32.6 Å². The monoisotopic (exact) mass is 387 g/mol. The number of nitrogens with zero attached hydrogens (tertiary/aromatic N) is 4. The number of nitrogens with one attached hydrogen (secondary N) is 1. The van der Waals surface area contributed by atoms with E-state index in [1.165, 1.54) is 5.56 Å². The fourth-order valence-electron chi connectivity index (χ4n) is 3.03. The molecule has 0 aliphatic carbocycles. The van der Waals surface area contributed by atoms with Crippen LogP contribution in [0.25, 0.3) is 16.7 Å². The molecule has 0 saturated carbocycles. The minimum Gasteiger partial charge on any atom is -0.492 e. The summed E-state index contributed by atoms with van der Waals surface area (Å²) in [6.45, 7) is 2.35. The first kappa shape index (κ1) is 19.0. The quantitative estimate of drug-likeness (QED) is 0.496. The lowest BCUT2D eigenvalue weighted by molar-refractivity contribution is 0.261. The lowest BCUT2D eigenvalue weighted by Gasteiger charge is -2.12. The Kier molecular flexibility index (Phi) is 5.72. The second-order valence-electron chi connectivity index (χ2n) is 7.19. The van der Waals surface area contributed by atoms with Crippen LogP contribution in [0.4, 0.5) is 5.69 Å². The van der Waals surface area contributed by atoms with Gasteiger partial charge in [0.25, 0.3) is 0 Å². The fourth-order valence-corrected chi connectivity index (χ4v) is 3.03. The Hall–Kier alpha value is -3.38. The van der Waals surface area contributed by atoms with Crippen molar-refractivity contribution in [3.05, 3.63) is 78.4 Å². The van der Waals surface area contributed by atoms with E-state index in [-0.39, 0.29) is 0 Å². The first-order valence-electron chi connectivity index (χ1n) is 9.70. The van der Waals surface area contributed by atoms with Crippen LogP contribution in [0.15, 0.2) is 72.8 Å². The van der Waals surface area contributed by atoms with Crippen LogP contribution >= 0.6 is 0 Å². The van der Waals surface area contributed by atoms with Gasteiger partial charge in [0.2, 0.25) is 0 Å². The average molecular weight is 387 g/mol. The van der Waals surface area contributed by atoms with Gasteiger partial charge in [-0.05, 0) is 68.2 Å². The number of hydrogen-bond donors (Lipinski definition) is 1. The summed E-state index contributed by atoms with van der Waals surface area (Å²) in [6, 6.07) is 24.4. The Balaban J connectivity index is 1.34. The van der Waals surface area contributed by atoms with Crippen molar-refractivity contribution in [2.24, 2.45) is 0 Å². The van der Waals surface area contributed by atoms with Gasteiger partial charge in [0, 0.05) is 18.8 Å². The van der Waals surface area contributed by atoms with E-state index in [0.29, 0.717) is 6.61 Å². The van der Waals surface area contributed by atoms with Crippen molar-refractivity contribution in [1.82, 2.24) is 19.9 Å². The molecule has 1 aromatic heterocycles. The molecule has 0 radical (unpaired) electrons. The molecule has 4 aromatic rings. The molecule has 0 spiro atoms. The first-order chi connectivity index (χ1) is 14.2. The molecule has 0 aliphatic heterocycles. The summed E-state index contributed by atoms with van der Waals surface area (Å²) < 4.78 is 7.59. The second kappa shape index (κ2) is 8.75. The van der Waals surface area contributed by atoms with Gasteiger partial charge in [0.05, 0.1) is 11.2 Å². The second-order valence-corrected chi connectivity index (χ2v) is 7.19. The molecule has 0 saturated heterocycles. The Morgan fingerprint density at radius 1 is 0.931 bits per heavy atom. The number of rotatable bonds is 8. The van der Waals surface area contributed by atoms with Crippen LogP contribution in [0.3, 0.4) is 0 Å². The maximum absolute atomic E-state index is 5.74. The molecule has 3 aromatic carbocycles. The van der Waals surface area contributed by atoms with E-state index < -0.39 is 0 Å². The van der Waals surface area contributed by atoms with Gasteiger partial charge in [-0.3, -0.25) is 0 Å². The SMILES string of the molecule is CN(C)CCOc1ccc(CNc2ccc(-n3nnc4ccccc43)cc2)cc1. The molecule has 29 heavy (non-hydrogen) atoms. The lowest BCUT2D eigenvalue weighted by Crippen LogP contribution is -2.19. The summed E-state index contributed by atoms with van der Waals surface area (Å²) in [5.74, 6) is 0.903. The van der Waals surface area contributed by atoms with E-state index in [4.69, 9.17) is 4.74 Å². The van der Waals surface area contributed by atoms with Crippen molar-refractivity contribution < 1.29 is 4.74 Å². The molecule has 0 amide bonds. The number of fused-ring (bicyclic) bond motifs is 1. The van der Waals surface area contributed by atoms with Crippen LogP contribution < -0.4 is 10.1 Å². The van der Waals surface area contributed by atoms with Crippen LogP contribution in [-0.2, 0) is 6.54 Å². The number of anilines is 1. The third kappa shape index (κ3) is 4.73. The lowest BCUT2D eigenvalue weighted by atomic mass is 10.2. The van der Waals surface area contributed by atoms with E-state index in [2.05, 4.69) is 44.8 Å². The predicted octanol–water partition coefficient (Wildman–Crippen LogP) is 3.97. The van der Waals surface area contributed by atoms with E-state index in [1.54, 1.807) is 0 Å². The van der Waals surface area contributed by atoms with E-state index >= 15 is 0 Å². The van der Waals surface area contributed by atoms with Crippen LogP contribution in [0.2, 0.25) is 0 Å². The topological polar surface area (TPSA) is 55.2 Å². The highest BCUT2D eigenvalue weighted by molar-refractivity contribution is 5.76. The van der Waals surface area contributed by atoms with Gasteiger partial charge in [-0.15, -0.1) is 5.10 Å². The highest BCUT2D eigenvalue weighted by Crippen LogP contribution is 2.19. The van der Waals surface area contributed by atoms with Crippen molar-refractivity contribution in [3.63, 3.8) is 0 Å². The van der Waals surface area contributed by atoms with Crippen molar-refractivity contribution >= 4 is 16.7 Å². The molecule has 1 heterocycles. The largest absolute Gasteiger partial charge is 0.492 e. The molecule has 0 bridgehead atoms. The Labute approximate surface area is 170 Å². The average Bonchev–Trinajstić information content (AvgIpc) is 3.17. The minimum absolute atomic E-state index is 0.692. The number of aromatic nitrogens is 3. The number of likely N-dealkylation sites (N-methyl/N-ethyl adjacent to an activating group) is 1. The highest BCUT2D eigenvalue weighted by Gasteiger charge is 2.05. The molecule has 6 heteroatoms. The smallest absolute Gasteiger partial charge is 0.119 e. The van der Waals surface area contributed by atoms with Gasteiger partial charge in [-0.1, -0.05) is 29.5 Å². The Bertz CT molecular complexity index is 1050. The van der Waals surface area contributed by atoms with Crippen molar-refractivity contribution in [1.29, 1.82) is 0 Å². The van der Waals surface area contributed by atoms with Crippen molar-refractivity contribution in [2.45, 2.75) is 6.54 Å². The maximum atomic E-state index is 5.74. The Morgan fingerprint density at radius 2 is 1.69 bits per heavy atom. The normalized spacial score (nSPS) is 11.1. The summed E-state index contributed by atoms with van der Waals surface area (Å²) >= 11 is 0. The van der Waals surface area contributed by atoms with Crippen LogP contribution in [-0.4, -0.2) is 47.1 Å². The van der Waals surface area contributed by atoms with E-state index in [9.17, 15) is 0 Å². The van der Waals surface area contributed by atoms with Crippen molar-refractivity contribution in [3.8, 4) is 11.4 Å². The fraction of sp³-hybridized carbons (Fsp3) is 0.217.